The Kier molecular flexibility index (Phi) is 6.83. The van der Waals surface area contributed by atoms with Gasteiger partial charge in [0.15, 0.2) is 5.16 Å². The van der Waals surface area contributed by atoms with Gasteiger partial charge in [-0.15, -0.1) is 6.58 Å². The molecular formula is C21H26ClN3O2S. The van der Waals surface area contributed by atoms with Crippen LogP contribution in [0.3, 0.4) is 0 Å². The Labute approximate surface area is 174 Å². The highest BCUT2D eigenvalue weighted by atomic mass is 35.5. The maximum atomic E-state index is 12.8. The maximum absolute atomic E-state index is 12.8. The van der Waals surface area contributed by atoms with E-state index in [0.29, 0.717) is 39.5 Å². The molecule has 0 spiro atoms. The molecule has 3 atom stereocenters. The number of halogens is 1. The smallest absolute Gasteiger partial charge is 0.262 e. The fourth-order valence-corrected chi connectivity index (χ4v) is 4.72. The number of nitrogens with zero attached hydrogens (tertiary/aromatic N) is 2. The average molecular weight is 420 g/mol. The van der Waals surface area contributed by atoms with Crippen LogP contribution in [0.15, 0.2) is 40.8 Å². The first kappa shape index (κ1) is 20.9. The topological polar surface area (TPSA) is 64.0 Å². The second-order valence-electron chi connectivity index (χ2n) is 7.49. The van der Waals surface area contributed by atoms with Gasteiger partial charge in [0.25, 0.3) is 5.56 Å². The highest BCUT2D eigenvalue weighted by molar-refractivity contribution is 7.99. The third-order valence-corrected chi connectivity index (χ3v) is 6.79. The Hall–Kier alpha value is -1.79. The lowest BCUT2D eigenvalue weighted by Crippen LogP contribution is -2.44. The van der Waals surface area contributed by atoms with E-state index in [1.807, 2.05) is 0 Å². The molecule has 7 heteroatoms. The number of allylic oxidation sites excluding steroid dienone is 1. The van der Waals surface area contributed by atoms with Gasteiger partial charge in [-0.2, -0.15) is 0 Å². The summed E-state index contributed by atoms with van der Waals surface area (Å²) in [6, 6.07) is 5.25. The first-order valence-electron chi connectivity index (χ1n) is 9.64. The fraction of sp³-hybridized carbons (Fsp3) is 0.476. The van der Waals surface area contributed by atoms with Crippen molar-refractivity contribution in [1.82, 2.24) is 14.9 Å². The summed E-state index contributed by atoms with van der Waals surface area (Å²) in [6.07, 6.45) is 5.05. The van der Waals surface area contributed by atoms with Crippen molar-refractivity contribution < 1.29 is 4.79 Å². The number of nitrogens with one attached hydrogen (secondary N) is 1. The first-order valence-corrected chi connectivity index (χ1v) is 11.0. The van der Waals surface area contributed by atoms with E-state index >= 15 is 0 Å². The van der Waals surface area contributed by atoms with Crippen LogP contribution in [0.4, 0.5) is 0 Å². The fourth-order valence-electron chi connectivity index (χ4n) is 3.74. The number of hydrogen-bond donors (Lipinski definition) is 1. The molecule has 1 aliphatic rings. The summed E-state index contributed by atoms with van der Waals surface area (Å²) in [4.78, 5) is 29.9. The van der Waals surface area contributed by atoms with E-state index in [2.05, 4.69) is 30.7 Å². The third-order valence-electron chi connectivity index (χ3n) is 5.58. The molecule has 1 N–H and O–H groups in total. The van der Waals surface area contributed by atoms with Crippen LogP contribution in [0.1, 0.15) is 33.1 Å². The first-order chi connectivity index (χ1) is 13.4. The van der Waals surface area contributed by atoms with Crippen LogP contribution in [0.25, 0.3) is 10.9 Å². The van der Waals surface area contributed by atoms with Crippen LogP contribution in [0.2, 0.25) is 5.02 Å². The van der Waals surface area contributed by atoms with Crippen molar-refractivity contribution >= 4 is 40.2 Å². The Morgan fingerprint density at radius 2 is 2.21 bits per heavy atom. The second kappa shape index (κ2) is 9.14. The van der Waals surface area contributed by atoms with E-state index in [0.717, 1.165) is 12.8 Å². The van der Waals surface area contributed by atoms with E-state index in [9.17, 15) is 9.59 Å². The standard InChI is InChI=1S/C21H26ClN3O2S/c1-4-10-25-20(27)16-9-8-15(22)11-18(16)24-21(25)28-12-19(26)23-17-7-5-6-13(2)14(17)3/h4,8-9,11,13-14,17H,1,5-7,10,12H2,2-3H3,(H,23,26)/t13-,14-,17+/m0/s1. The molecule has 0 saturated heterocycles. The Bertz CT molecular complexity index is 943. The SMILES string of the molecule is C=CCn1c(SCC(=O)N[C@@H]2CCC[C@H](C)[C@@H]2C)nc2cc(Cl)ccc2c1=O. The quantitative estimate of drug-likeness (QED) is 0.431. The molecular weight excluding hydrogens is 394 g/mol. The summed E-state index contributed by atoms with van der Waals surface area (Å²) >= 11 is 7.32. The van der Waals surface area contributed by atoms with E-state index in [1.54, 1.807) is 28.8 Å². The summed E-state index contributed by atoms with van der Waals surface area (Å²) in [7, 11) is 0. The number of fused-ring (bicyclic) bond motifs is 1. The van der Waals surface area contributed by atoms with Crippen LogP contribution in [-0.4, -0.2) is 27.3 Å². The molecule has 1 fully saturated rings. The van der Waals surface area contributed by atoms with Gasteiger partial charge in [-0.05, 0) is 36.5 Å². The monoisotopic (exact) mass is 419 g/mol. The van der Waals surface area contributed by atoms with E-state index < -0.39 is 0 Å². The van der Waals surface area contributed by atoms with Gasteiger partial charge in [0.2, 0.25) is 5.91 Å². The number of carbonyl (C=O) groups is 1. The van der Waals surface area contributed by atoms with Gasteiger partial charge in [-0.25, -0.2) is 4.98 Å². The van der Waals surface area contributed by atoms with E-state index in [-0.39, 0.29) is 23.3 Å². The Morgan fingerprint density at radius 3 is 2.96 bits per heavy atom. The lowest BCUT2D eigenvalue weighted by molar-refractivity contribution is -0.120. The van der Waals surface area contributed by atoms with Crippen molar-refractivity contribution in [3.05, 3.63) is 46.2 Å². The molecule has 5 nitrogen and oxygen atoms in total. The number of rotatable bonds is 6. The second-order valence-corrected chi connectivity index (χ2v) is 8.87. The zero-order chi connectivity index (χ0) is 20.3. The van der Waals surface area contributed by atoms with Crippen LogP contribution >= 0.6 is 23.4 Å². The molecule has 1 heterocycles. The zero-order valence-corrected chi connectivity index (χ0v) is 17.9. The van der Waals surface area contributed by atoms with Crippen LogP contribution < -0.4 is 10.9 Å². The highest BCUT2D eigenvalue weighted by Crippen LogP contribution is 2.29. The molecule has 0 unspecified atom stereocenters. The third kappa shape index (κ3) is 4.61. The molecule has 1 saturated carbocycles. The molecule has 0 aliphatic heterocycles. The van der Waals surface area contributed by atoms with E-state index in [1.165, 1.54) is 18.2 Å². The van der Waals surface area contributed by atoms with Gasteiger partial charge >= 0.3 is 0 Å². The van der Waals surface area contributed by atoms with Crippen LogP contribution in [0, 0.1) is 11.8 Å². The minimum atomic E-state index is -0.154. The largest absolute Gasteiger partial charge is 0.352 e. The van der Waals surface area contributed by atoms with Gasteiger partial charge in [0.1, 0.15) is 0 Å². The van der Waals surface area contributed by atoms with E-state index in [4.69, 9.17) is 11.6 Å². The minimum absolute atomic E-state index is 0.0263. The summed E-state index contributed by atoms with van der Waals surface area (Å²) < 4.78 is 1.55. The number of amides is 1. The number of aromatic nitrogens is 2. The molecule has 1 aliphatic carbocycles. The normalized spacial score (nSPS) is 22.2. The van der Waals surface area contributed by atoms with Crippen molar-refractivity contribution in [2.24, 2.45) is 11.8 Å². The van der Waals surface area contributed by atoms with Crippen LogP contribution in [-0.2, 0) is 11.3 Å². The summed E-state index contributed by atoms with van der Waals surface area (Å²) in [5.41, 5.74) is 0.384. The molecule has 0 radical (unpaired) electrons. The predicted molar refractivity (Wildman–Crippen MR) is 116 cm³/mol. The molecule has 150 valence electrons. The summed E-state index contributed by atoms with van der Waals surface area (Å²) in [5.74, 6) is 1.29. The van der Waals surface area contributed by atoms with Crippen molar-refractivity contribution in [2.45, 2.75) is 50.9 Å². The zero-order valence-electron chi connectivity index (χ0n) is 16.3. The van der Waals surface area contributed by atoms with Gasteiger partial charge in [0, 0.05) is 17.6 Å². The van der Waals surface area contributed by atoms with Gasteiger partial charge in [-0.1, -0.05) is 56.1 Å². The summed E-state index contributed by atoms with van der Waals surface area (Å²) in [6.45, 7) is 8.51. The molecule has 1 amide bonds. The van der Waals surface area contributed by atoms with Gasteiger partial charge < -0.3 is 5.32 Å². The minimum Gasteiger partial charge on any atom is -0.352 e. The number of benzene rings is 1. The average Bonchev–Trinajstić information content (AvgIpc) is 2.66. The summed E-state index contributed by atoms with van der Waals surface area (Å²) in [5, 5.41) is 4.69. The lowest BCUT2D eigenvalue weighted by atomic mass is 9.78. The number of carbonyl (C=O) groups excluding carboxylic acids is 1. The molecule has 1 aromatic heterocycles. The van der Waals surface area contributed by atoms with Crippen molar-refractivity contribution in [1.29, 1.82) is 0 Å². The maximum Gasteiger partial charge on any atom is 0.262 e. The van der Waals surface area contributed by atoms with Crippen molar-refractivity contribution in [3.63, 3.8) is 0 Å². The molecule has 0 bridgehead atoms. The van der Waals surface area contributed by atoms with Crippen molar-refractivity contribution in [3.8, 4) is 0 Å². The number of thioether (sulfide) groups is 1. The molecule has 2 aromatic rings. The predicted octanol–water partition coefficient (Wildman–Crippen LogP) is 4.27. The van der Waals surface area contributed by atoms with Crippen molar-refractivity contribution in [2.75, 3.05) is 5.75 Å². The molecule has 1 aromatic carbocycles. The van der Waals surface area contributed by atoms with Crippen LogP contribution in [0.5, 0.6) is 0 Å². The lowest BCUT2D eigenvalue weighted by Gasteiger charge is -2.34. The Balaban J connectivity index is 1.77. The Morgan fingerprint density at radius 1 is 1.43 bits per heavy atom. The molecule has 28 heavy (non-hydrogen) atoms. The van der Waals surface area contributed by atoms with Gasteiger partial charge in [0.05, 0.1) is 16.7 Å². The molecule has 3 rings (SSSR count). The number of hydrogen-bond acceptors (Lipinski definition) is 4. The highest BCUT2D eigenvalue weighted by Gasteiger charge is 2.28. The van der Waals surface area contributed by atoms with Gasteiger partial charge in [-0.3, -0.25) is 14.2 Å².